The summed E-state index contributed by atoms with van der Waals surface area (Å²) in [5, 5.41) is 9.14. The van der Waals surface area contributed by atoms with Gasteiger partial charge in [0.15, 0.2) is 0 Å². The van der Waals surface area contributed by atoms with E-state index >= 15 is 0 Å². The predicted molar refractivity (Wildman–Crippen MR) is 86.5 cm³/mol. The van der Waals surface area contributed by atoms with Crippen LogP contribution in [0.3, 0.4) is 0 Å². The number of hydrogen-bond donors (Lipinski definition) is 1. The van der Waals surface area contributed by atoms with Gasteiger partial charge in [-0.25, -0.2) is 8.42 Å². The molecule has 0 bridgehead atoms. The smallest absolute Gasteiger partial charge is 0.244 e. The third-order valence-electron chi connectivity index (χ3n) is 4.06. The summed E-state index contributed by atoms with van der Waals surface area (Å²) in [6.45, 7) is 2.54. The van der Waals surface area contributed by atoms with Crippen LogP contribution in [0.25, 0.3) is 0 Å². The molecule has 1 aliphatic rings. The molecule has 1 N–H and O–H groups in total. The van der Waals surface area contributed by atoms with Gasteiger partial charge in [0.25, 0.3) is 0 Å². The van der Waals surface area contributed by atoms with Crippen molar-refractivity contribution in [1.82, 2.24) is 4.31 Å². The number of nitrogens with zero attached hydrogens (tertiary/aromatic N) is 1. The van der Waals surface area contributed by atoms with E-state index in [1.54, 1.807) is 22.5 Å². The van der Waals surface area contributed by atoms with Gasteiger partial charge in [0.05, 0.1) is 11.5 Å². The van der Waals surface area contributed by atoms with Gasteiger partial charge in [0, 0.05) is 17.1 Å². The summed E-state index contributed by atoms with van der Waals surface area (Å²) >= 11 is 3.33. The quantitative estimate of drug-likeness (QED) is 0.878. The van der Waals surface area contributed by atoms with Gasteiger partial charge in [-0.3, -0.25) is 0 Å². The zero-order valence-corrected chi connectivity index (χ0v) is 14.7. The first-order valence-electron chi connectivity index (χ1n) is 7.41. The Labute approximate surface area is 135 Å². The van der Waals surface area contributed by atoms with Crippen molar-refractivity contribution >= 4 is 26.0 Å². The maximum atomic E-state index is 13.0. The normalized spacial score (nSPS) is 21.2. The predicted octanol–water partition coefficient (Wildman–Crippen LogP) is 3.28. The van der Waals surface area contributed by atoms with Gasteiger partial charge < -0.3 is 5.11 Å². The fourth-order valence-corrected chi connectivity index (χ4v) is 5.71. The van der Waals surface area contributed by atoms with Crippen molar-refractivity contribution in [1.29, 1.82) is 0 Å². The zero-order chi connectivity index (χ0) is 15.5. The molecule has 1 heterocycles. The van der Waals surface area contributed by atoms with Gasteiger partial charge in [-0.1, -0.05) is 25.8 Å². The molecule has 0 amide bonds. The second-order valence-corrected chi connectivity index (χ2v) is 8.16. The fraction of sp³-hybridized carbons (Fsp3) is 0.600. The molecule has 2 rings (SSSR count). The summed E-state index contributed by atoms with van der Waals surface area (Å²) in [5.41, 5.74) is 0.698. The maximum absolute atomic E-state index is 13.0. The number of sulfonamides is 1. The van der Waals surface area contributed by atoms with E-state index < -0.39 is 10.0 Å². The Morgan fingerprint density at radius 1 is 1.33 bits per heavy atom. The molecule has 1 fully saturated rings. The van der Waals surface area contributed by atoms with Gasteiger partial charge in [-0.2, -0.15) is 4.31 Å². The third-order valence-corrected chi connectivity index (χ3v) is 6.99. The molecule has 1 aromatic carbocycles. The number of aliphatic hydroxyl groups is 1. The summed E-state index contributed by atoms with van der Waals surface area (Å²) in [7, 11) is -3.50. The highest BCUT2D eigenvalue weighted by Crippen LogP contribution is 2.31. The number of hydrogen-bond acceptors (Lipinski definition) is 3. The van der Waals surface area contributed by atoms with Gasteiger partial charge in [0.1, 0.15) is 0 Å². The van der Waals surface area contributed by atoms with E-state index in [-0.39, 0.29) is 12.6 Å². The maximum Gasteiger partial charge on any atom is 0.244 e. The van der Waals surface area contributed by atoms with Crippen LogP contribution >= 0.6 is 15.9 Å². The molecule has 0 aromatic heterocycles. The SMILES string of the molecule is CCC1CCCCCN1S(=O)(=O)c1ccc(CO)cc1Br. The van der Waals surface area contributed by atoms with Crippen LogP contribution in [0.15, 0.2) is 27.6 Å². The van der Waals surface area contributed by atoms with Crippen molar-refractivity contribution in [3.63, 3.8) is 0 Å². The molecule has 0 radical (unpaired) electrons. The molecule has 0 spiro atoms. The van der Waals surface area contributed by atoms with Crippen molar-refractivity contribution in [3.8, 4) is 0 Å². The summed E-state index contributed by atoms with van der Waals surface area (Å²) in [4.78, 5) is 0.292. The lowest BCUT2D eigenvalue weighted by atomic mass is 10.1. The van der Waals surface area contributed by atoms with Crippen LogP contribution in [0.1, 0.15) is 44.6 Å². The van der Waals surface area contributed by atoms with Crippen LogP contribution in [-0.2, 0) is 16.6 Å². The van der Waals surface area contributed by atoms with Crippen LogP contribution in [0.4, 0.5) is 0 Å². The monoisotopic (exact) mass is 375 g/mol. The lowest BCUT2D eigenvalue weighted by Gasteiger charge is -2.28. The van der Waals surface area contributed by atoms with E-state index in [4.69, 9.17) is 5.11 Å². The molecule has 6 heteroatoms. The highest BCUT2D eigenvalue weighted by atomic mass is 79.9. The molecule has 1 aromatic rings. The van der Waals surface area contributed by atoms with Gasteiger partial charge in [-0.05, 0) is 52.9 Å². The average molecular weight is 376 g/mol. The Kier molecular flexibility index (Phi) is 5.82. The largest absolute Gasteiger partial charge is 0.392 e. The summed E-state index contributed by atoms with van der Waals surface area (Å²) in [6.07, 6.45) is 4.87. The summed E-state index contributed by atoms with van der Waals surface area (Å²) in [6, 6.07) is 5.01. The second-order valence-electron chi connectivity index (χ2n) is 5.45. The summed E-state index contributed by atoms with van der Waals surface area (Å²) < 4.78 is 28.1. The third kappa shape index (κ3) is 3.67. The molecule has 0 aliphatic carbocycles. The van der Waals surface area contributed by atoms with E-state index in [1.807, 2.05) is 6.92 Å². The van der Waals surface area contributed by atoms with E-state index in [2.05, 4.69) is 15.9 Å². The molecule has 1 unspecified atom stereocenters. The number of halogens is 1. The van der Waals surface area contributed by atoms with Crippen LogP contribution in [0.2, 0.25) is 0 Å². The first-order chi connectivity index (χ1) is 10.0. The van der Waals surface area contributed by atoms with Crippen molar-refractivity contribution in [2.45, 2.75) is 56.6 Å². The van der Waals surface area contributed by atoms with E-state index in [1.165, 1.54) is 0 Å². The average Bonchev–Trinajstić information content (AvgIpc) is 2.72. The Bertz CT molecular complexity index is 589. The highest BCUT2D eigenvalue weighted by Gasteiger charge is 2.32. The molecular formula is C15H22BrNO3S. The van der Waals surface area contributed by atoms with Crippen LogP contribution in [0, 0.1) is 0 Å². The topological polar surface area (TPSA) is 57.6 Å². The molecule has 1 saturated heterocycles. The van der Waals surface area contributed by atoms with E-state index in [0.29, 0.717) is 21.5 Å². The Hall–Kier alpha value is -0.430. The molecule has 1 aliphatic heterocycles. The first-order valence-corrected chi connectivity index (χ1v) is 9.65. The van der Waals surface area contributed by atoms with Crippen molar-refractivity contribution in [2.75, 3.05) is 6.54 Å². The molecular weight excluding hydrogens is 354 g/mol. The van der Waals surface area contributed by atoms with E-state index in [9.17, 15) is 8.42 Å². The number of benzene rings is 1. The van der Waals surface area contributed by atoms with Crippen molar-refractivity contribution < 1.29 is 13.5 Å². The van der Waals surface area contributed by atoms with Crippen LogP contribution < -0.4 is 0 Å². The van der Waals surface area contributed by atoms with Gasteiger partial charge >= 0.3 is 0 Å². The molecule has 118 valence electrons. The zero-order valence-electron chi connectivity index (χ0n) is 12.3. The molecule has 21 heavy (non-hydrogen) atoms. The van der Waals surface area contributed by atoms with Gasteiger partial charge in [0.2, 0.25) is 10.0 Å². The van der Waals surface area contributed by atoms with E-state index in [0.717, 1.165) is 32.1 Å². The Balaban J connectivity index is 2.39. The highest BCUT2D eigenvalue weighted by molar-refractivity contribution is 9.10. The Morgan fingerprint density at radius 2 is 2.10 bits per heavy atom. The Morgan fingerprint density at radius 3 is 2.71 bits per heavy atom. The lowest BCUT2D eigenvalue weighted by Crippen LogP contribution is -2.39. The number of aliphatic hydroxyl groups excluding tert-OH is 1. The van der Waals surface area contributed by atoms with Crippen LogP contribution in [-0.4, -0.2) is 30.4 Å². The standard InChI is InChI=1S/C15H22BrNO3S/c1-2-13-6-4-3-5-9-17(13)21(19,20)15-8-7-12(11-18)10-14(15)16/h7-8,10,13,18H,2-6,9,11H2,1H3. The molecule has 1 atom stereocenters. The fourth-order valence-electron chi connectivity index (χ4n) is 2.85. The lowest BCUT2D eigenvalue weighted by molar-refractivity contribution is 0.281. The minimum atomic E-state index is -3.50. The minimum absolute atomic E-state index is 0.0851. The van der Waals surface area contributed by atoms with Crippen molar-refractivity contribution in [2.24, 2.45) is 0 Å². The van der Waals surface area contributed by atoms with Crippen LogP contribution in [0.5, 0.6) is 0 Å². The van der Waals surface area contributed by atoms with Crippen molar-refractivity contribution in [3.05, 3.63) is 28.2 Å². The van der Waals surface area contributed by atoms with Gasteiger partial charge in [-0.15, -0.1) is 0 Å². The summed E-state index contributed by atoms with van der Waals surface area (Å²) in [5.74, 6) is 0. The first kappa shape index (κ1) is 16.9. The number of rotatable bonds is 4. The second kappa shape index (κ2) is 7.22. The molecule has 4 nitrogen and oxygen atoms in total. The minimum Gasteiger partial charge on any atom is -0.392 e. The molecule has 0 saturated carbocycles.